The Kier molecular flexibility index (Phi) is 3.57. The van der Waals surface area contributed by atoms with Crippen molar-refractivity contribution >= 4 is 22.1 Å². The second-order valence-corrected chi connectivity index (χ2v) is 9.34. The molecule has 0 amide bonds. The Labute approximate surface area is 182 Å². The summed E-state index contributed by atoms with van der Waals surface area (Å²) in [5, 5.41) is 2.21. The molecule has 0 unspecified atom stereocenters. The van der Waals surface area contributed by atoms with Gasteiger partial charge in [0.2, 0.25) is 11.4 Å². The molecule has 3 heteroatoms. The maximum Gasteiger partial charge on any atom is 0.227 e. The minimum absolute atomic E-state index is 0.0762. The quantitative estimate of drug-likeness (QED) is 0.302. The number of pyridine rings is 2. The lowest BCUT2D eigenvalue weighted by atomic mass is 9.82. The molecular weight excluding hydrogens is 380 g/mol. The first-order chi connectivity index (χ1) is 14.9. The molecule has 3 aromatic heterocycles. The van der Waals surface area contributed by atoms with Crippen molar-refractivity contribution in [2.24, 2.45) is 7.05 Å². The number of hydrogen-bond donors (Lipinski definition) is 0. The zero-order valence-electron chi connectivity index (χ0n) is 18.6. The molecule has 6 rings (SSSR count). The summed E-state index contributed by atoms with van der Waals surface area (Å²) in [6.07, 6.45) is 2.11. The summed E-state index contributed by atoms with van der Waals surface area (Å²) < 4.78 is 8.66. The van der Waals surface area contributed by atoms with E-state index in [1.807, 2.05) is 0 Å². The Bertz CT molecular complexity index is 1540. The molecule has 0 N–H and O–H groups in total. The lowest BCUT2D eigenvalue weighted by molar-refractivity contribution is -0.660. The average molecular weight is 406 g/mol. The van der Waals surface area contributed by atoms with Crippen molar-refractivity contribution in [1.82, 2.24) is 4.98 Å². The van der Waals surface area contributed by atoms with Crippen LogP contribution in [0.5, 0.6) is 0 Å². The lowest BCUT2D eigenvalue weighted by Crippen LogP contribution is -2.30. The van der Waals surface area contributed by atoms with Gasteiger partial charge in [-0.15, -0.1) is 0 Å². The summed E-state index contributed by atoms with van der Waals surface area (Å²) in [6.45, 7) is 8.85. The summed E-state index contributed by atoms with van der Waals surface area (Å²) in [4.78, 5) is 5.06. The number of hydrogen-bond acceptors (Lipinski definition) is 2. The number of aryl methyl sites for hydroxylation is 3. The van der Waals surface area contributed by atoms with Crippen molar-refractivity contribution in [2.45, 2.75) is 33.1 Å². The summed E-state index contributed by atoms with van der Waals surface area (Å²) in [5.41, 5.74) is 11.1. The van der Waals surface area contributed by atoms with Crippen molar-refractivity contribution in [3.05, 3.63) is 83.0 Å². The van der Waals surface area contributed by atoms with Crippen molar-refractivity contribution in [3.63, 3.8) is 0 Å². The predicted octanol–water partition coefficient (Wildman–Crippen LogP) is 6.40. The molecule has 0 saturated heterocycles. The molecule has 0 saturated carbocycles. The third kappa shape index (κ3) is 2.40. The first kappa shape index (κ1) is 18.3. The van der Waals surface area contributed by atoms with Crippen molar-refractivity contribution in [2.75, 3.05) is 0 Å². The summed E-state index contributed by atoms with van der Waals surface area (Å²) in [7, 11) is 2.09. The number of fused-ring (bicyclic) bond motifs is 6. The van der Waals surface area contributed by atoms with Crippen LogP contribution in [0.3, 0.4) is 0 Å². The molecular formula is C28H25N2O+. The van der Waals surface area contributed by atoms with E-state index >= 15 is 0 Å². The minimum atomic E-state index is -0.0762. The fourth-order valence-corrected chi connectivity index (χ4v) is 5.17. The Morgan fingerprint density at radius 1 is 0.903 bits per heavy atom. The van der Waals surface area contributed by atoms with E-state index in [-0.39, 0.29) is 5.41 Å². The average Bonchev–Trinajstić information content (AvgIpc) is 3.22. The number of aromatic nitrogens is 2. The van der Waals surface area contributed by atoms with Gasteiger partial charge >= 0.3 is 0 Å². The van der Waals surface area contributed by atoms with Gasteiger partial charge in [-0.2, -0.15) is 0 Å². The fraction of sp³-hybridized carbons (Fsp3) is 0.214. The van der Waals surface area contributed by atoms with Crippen LogP contribution in [0.25, 0.3) is 44.6 Å². The smallest absolute Gasteiger partial charge is 0.227 e. The van der Waals surface area contributed by atoms with Gasteiger partial charge in [-0.3, -0.25) is 0 Å². The second-order valence-electron chi connectivity index (χ2n) is 9.34. The van der Waals surface area contributed by atoms with Crippen LogP contribution in [0.4, 0.5) is 0 Å². The topological polar surface area (TPSA) is 29.9 Å². The highest BCUT2D eigenvalue weighted by atomic mass is 16.3. The van der Waals surface area contributed by atoms with Crippen LogP contribution >= 0.6 is 0 Å². The Balaban J connectivity index is 1.70. The van der Waals surface area contributed by atoms with Crippen LogP contribution in [0, 0.1) is 13.8 Å². The van der Waals surface area contributed by atoms with Crippen LogP contribution in [0.1, 0.15) is 36.1 Å². The molecule has 152 valence electrons. The van der Waals surface area contributed by atoms with Crippen molar-refractivity contribution in [3.8, 4) is 22.5 Å². The van der Waals surface area contributed by atoms with Gasteiger partial charge in [0, 0.05) is 33.9 Å². The first-order valence-electron chi connectivity index (χ1n) is 10.8. The molecule has 3 heterocycles. The normalized spacial score (nSPS) is 14.2. The molecule has 2 aromatic carbocycles. The van der Waals surface area contributed by atoms with Gasteiger partial charge in [-0.1, -0.05) is 50.2 Å². The van der Waals surface area contributed by atoms with Crippen LogP contribution in [-0.2, 0) is 12.5 Å². The zero-order chi connectivity index (χ0) is 21.5. The van der Waals surface area contributed by atoms with E-state index in [9.17, 15) is 0 Å². The highest BCUT2D eigenvalue weighted by Gasteiger charge is 2.37. The van der Waals surface area contributed by atoms with E-state index in [4.69, 9.17) is 9.40 Å². The molecule has 1 aliphatic rings. The molecule has 31 heavy (non-hydrogen) atoms. The standard InChI is InChI=1S/C28H25N2O/c1-16-12-13-30(5)23(14-16)24-17(2)10-11-18-20-15-22-25(29-27(20)31-26(18)24)19-8-6-7-9-21(19)28(22,3)4/h6-15H,1-5H3/q+1. The third-order valence-corrected chi connectivity index (χ3v) is 6.93. The SMILES string of the molecule is Cc1cc[n+](C)c(-c2c(C)ccc3c2oc2nc4c(cc23)C(C)(C)c2ccccc2-4)c1. The minimum Gasteiger partial charge on any atom is -0.437 e. The number of rotatable bonds is 1. The van der Waals surface area contributed by atoms with E-state index in [1.54, 1.807) is 0 Å². The third-order valence-electron chi connectivity index (χ3n) is 6.93. The molecule has 3 nitrogen and oxygen atoms in total. The molecule has 0 bridgehead atoms. The Morgan fingerprint density at radius 3 is 2.55 bits per heavy atom. The Morgan fingerprint density at radius 2 is 1.71 bits per heavy atom. The first-order valence-corrected chi connectivity index (χ1v) is 10.8. The molecule has 1 aliphatic carbocycles. The predicted molar refractivity (Wildman–Crippen MR) is 125 cm³/mol. The van der Waals surface area contributed by atoms with Gasteiger partial charge < -0.3 is 4.42 Å². The van der Waals surface area contributed by atoms with Gasteiger partial charge in [0.25, 0.3) is 0 Å². The number of nitrogens with zero attached hydrogens (tertiary/aromatic N) is 2. The number of benzene rings is 2. The largest absolute Gasteiger partial charge is 0.437 e. The molecule has 0 atom stereocenters. The van der Waals surface area contributed by atoms with Gasteiger partial charge in [0.15, 0.2) is 11.8 Å². The maximum absolute atomic E-state index is 6.50. The molecule has 0 radical (unpaired) electrons. The van der Waals surface area contributed by atoms with E-state index in [0.29, 0.717) is 5.71 Å². The molecule has 5 aromatic rings. The molecule has 0 fully saturated rings. The van der Waals surface area contributed by atoms with Crippen LogP contribution < -0.4 is 4.57 Å². The highest BCUT2D eigenvalue weighted by molar-refractivity contribution is 6.09. The maximum atomic E-state index is 6.50. The van der Waals surface area contributed by atoms with Gasteiger partial charge in [-0.25, -0.2) is 9.55 Å². The van der Waals surface area contributed by atoms with Crippen LogP contribution in [0.2, 0.25) is 0 Å². The molecule has 0 aliphatic heterocycles. The van der Waals surface area contributed by atoms with E-state index in [0.717, 1.165) is 33.3 Å². The highest BCUT2D eigenvalue weighted by Crippen LogP contribution is 2.49. The Hall–Kier alpha value is -3.46. The van der Waals surface area contributed by atoms with E-state index < -0.39 is 0 Å². The second kappa shape index (κ2) is 6.04. The monoisotopic (exact) mass is 405 g/mol. The van der Waals surface area contributed by atoms with Gasteiger partial charge in [0.05, 0.1) is 11.3 Å². The number of furan rings is 1. The summed E-state index contributed by atoms with van der Waals surface area (Å²) >= 11 is 0. The van der Waals surface area contributed by atoms with Gasteiger partial charge in [0.1, 0.15) is 7.05 Å². The summed E-state index contributed by atoms with van der Waals surface area (Å²) in [6, 6.07) is 19.6. The van der Waals surface area contributed by atoms with Crippen LogP contribution in [-0.4, -0.2) is 4.98 Å². The van der Waals surface area contributed by atoms with Crippen molar-refractivity contribution < 1.29 is 8.98 Å². The van der Waals surface area contributed by atoms with Crippen molar-refractivity contribution in [1.29, 1.82) is 0 Å². The van der Waals surface area contributed by atoms with Crippen LogP contribution in [0.15, 0.2) is 65.2 Å². The zero-order valence-corrected chi connectivity index (χ0v) is 18.6. The van der Waals surface area contributed by atoms with E-state index in [2.05, 4.69) is 100 Å². The van der Waals surface area contributed by atoms with Gasteiger partial charge in [-0.05, 0) is 42.2 Å². The summed E-state index contributed by atoms with van der Waals surface area (Å²) in [5.74, 6) is 0. The lowest BCUT2D eigenvalue weighted by Gasteiger charge is -2.20. The fourth-order valence-electron chi connectivity index (χ4n) is 5.17. The molecule has 0 spiro atoms. The van der Waals surface area contributed by atoms with E-state index in [1.165, 1.54) is 27.8 Å².